The Morgan fingerprint density at radius 2 is 1.96 bits per heavy atom. The summed E-state index contributed by atoms with van der Waals surface area (Å²) in [6, 6.07) is 10.3. The predicted molar refractivity (Wildman–Crippen MR) is 92.1 cm³/mol. The lowest BCUT2D eigenvalue weighted by molar-refractivity contribution is -0.914. The fraction of sp³-hybridized carbons (Fsp3) is 0.389. The van der Waals surface area contributed by atoms with Crippen molar-refractivity contribution in [3.8, 4) is 11.5 Å². The summed E-state index contributed by atoms with van der Waals surface area (Å²) in [5, 5.41) is 0.652. The van der Waals surface area contributed by atoms with Crippen LogP contribution in [0.3, 0.4) is 0 Å². The van der Waals surface area contributed by atoms with Crippen molar-refractivity contribution in [3.05, 3.63) is 47.1 Å². The number of ether oxygens (including phenoxy) is 2. The van der Waals surface area contributed by atoms with Gasteiger partial charge in [-0.05, 0) is 18.2 Å². The minimum atomic E-state index is 0.565. The molecule has 6 heteroatoms. The molecule has 0 aliphatic carbocycles. The average molecular weight is 348 g/mol. The maximum absolute atomic E-state index is 6.34. The van der Waals surface area contributed by atoms with Gasteiger partial charge in [-0.1, -0.05) is 17.7 Å². The quantitative estimate of drug-likeness (QED) is 0.894. The van der Waals surface area contributed by atoms with Crippen LogP contribution >= 0.6 is 11.6 Å². The Kier molecular flexibility index (Phi) is 4.45. The van der Waals surface area contributed by atoms with Gasteiger partial charge in [0.2, 0.25) is 0 Å². The van der Waals surface area contributed by atoms with E-state index in [1.165, 1.54) is 11.4 Å². The number of aromatic nitrogens is 1. The maximum Gasteiger partial charge on any atom is 0.274 e. The molecule has 0 unspecified atom stereocenters. The molecule has 0 spiro atoms. The van der Waals surface area contributed by atoms with E-state index in [4.69, 9.17) is 21.1 Å². The number of aromatic amines is 1. The molecule has 1 aromatic carbocycles. The molecule has 1 aromatic heterocycles. The highest BCUT2D eigenvalue weighted by molar-refractivity contribution is 6.32. The highest BCUT2D eigenvalue weighted by Crippen LogP contribution is 2.38. The summed E-state index contributed by atoms with van der Waals surface area (Å²) >= 11 is 6.34. The molecule has 1 fully saturated rings. The fourth-order valence-electron chi connectivity index (χ4n) is 3.38. The van der Waals surface area contributed by atoms with Crippen LogP contribution in [0.1, 0.15) is 5.56 Å². The Hall–Kier alpha value is -1.98. The Labute approximate surface area is 146 Å². The Balaban J connectivity index is 1.40. The van der Waals surface area contributed by atoms with Crippen molar-refractivity contribution < 1.29 is 19.4 Å². The summed E-state index contributed by atoms with van der Waals surface area (Å²) in [6.45, 7) is 6.43. The van der Waals surface area contributed by atoms with Crippen molar-refractivity contribution in [2.45, 2.75) is 6.54 Å². The number of nitrogens with zero attached hydrogens (tertiary/aromatic N) is 1. The second-order valence-corrected chi connectivity index (χ2v) is 6.67. The van der Waals surface area contributed by atoms with E-state index in [1.807, 2.05) is 18.3 Å². The van der Waals surface area contributed by atoms with E-state index in [9.17, 15) is 0 Å². The van der Waals surface area contributed by atoms with Crippen molar-refractivity contribution in [1.82, 2.24) is 0 Å². The van der Waals surface area contributed by atoms with Crippen LogP contribution in [0.4, 0.5) is 5.82 Å². The van der Waals surface area contributed by atoms with Gasteiger partial charge in [-0.15, -0.1) is 0 Å². The molecule has 2 aliphatic rings. The van der Waals surface area contributed by atoms with Crippen molar-refractivity contribution in [3.63, 3.8) is 0 Å². The van der Waals surface area contributed by atoms with E-state index in [-0.39, 0.29) is 0 Å². The Bertz CT molecular complexity index is 703. The molecule has 5 nitrogen and oxygen atoms in total. The van der Waals surface area contributed by atoms with Crippen LogP contribution in [0.25, 0.3) is 0 Å². The van der Waals surface area contributed by atoms with Crippen LogP contribution in [0.15, 0.2) is 36.5 Å². The lowest BCUT2D eigenvalue weighted by atomic mass is 10.1. The summed E-state index contributed by atoms with van der Waals surface area (Å²) in [6.07, 6.45) is 1.98. The summed E-state index contributed by atoms with van der Waals surface area (Å²) in [4.78, 5) is 7.28. The molecule has 4 rings (SSSR count). The van der Waals surface area contributed by atoms with Gasteiger partial charge >= 0.3 is 0 Å². The van der Waals surface area contributed by atoms with E-state index in [1.54, 1.807) is 4.90 Å². The molecule has 0 amide bonds. The molecule has 24 heavy (non-hydrogen) atoms. The van der Waals surface area contributed by atoms with Crippen molar-refractivity contribution in [2.24, 2.45) is 0 Å². The smallest absolute Gasteiger partial charge is 0.274 e. The fourth-order valence-corrected chi connectivity index (χ4v) is 3.66. The first-order valence-corrected chi connectivity index (χ1v) is 8.80. The molecule has 0 atom stereocenters. The van der Waals surface area contributed by atoms with Gasteiger partial charge in [-0.3, -0.25) is 4.90 Å². The largest absolute Gasteiger partial charge is 0.486 e. The first kappa shape index (κ1) is 15.5. The number of nitrogens with one attached hydrogen (secondary N) is 2. The van der Waals surface area contributed by atoms with E-state index in [0.29, 0.717) is 24.0 Å². The zero-order valence-electron chi connectivity index (χ0n) is 13.6. The number of fused-ring (bicyclic) bond motifs is 1. The van der Waals surface area contributed by atoms with Crippen molar-refractivity contribution in [1.29, 1.82) is 0 Å². The third kappa shape index (κ3) is 3.28. The maximum atomic E-state index is 6.34. The Morgan fingerprint density at radius 3 is 2.75 bits per heavy atom. The topological polar surface area (TPSA) is 40.3 Å². The van der Waals surface area contributed by atoms with Crippen molar-refractivity contribution >= 4 is 17.4 Å². The summed E-state index contributed by atoms with van der Waals surface area (Å²) < 4.78 is 11.3. The first-order chi connectivity index (χ1) is 11.8. The van der Waals surface area contributed by atoms with Gasteiger partial charge in [0.1, 0.15) is 45.9 Å². The summed E-state index contributed by atoms with van der Waals surface area (Å²) in [5.41, 5.74) is 1.21. The number of hydrogen-bond acceptors (Lipinski definition) is 3. The highest BCUT2D eigenvalue weighted by atomic mass is 35.5. The third-order valence-corrected chi connectivity index (χ3v) is 4.90. The monoisotopic (exact) mass is 347 g/mol. The molecule has 0 saturated carbocycles. The number of halogens is 1. The minimum absolute atomic E-state index is 0.565. The highest BCUT2D eigenvalue weighted by Gasteiger charge is 2.26. The minimum Gasteiger partial charge on any atom is -0.486 e. The van der Waals surface area contributed by atoms with Gasteiger partial charge in [-0.25, -0.2) is 4.98 Å². The third-order valence-electron chi connectivity index (χ3n) is 4.61. The Morgan fingerprint density at radius 1 is 1.12 bits per heavy atom. The van der Waals surface area contributed by atoms with E-state index in [2.05, 4.69) is 28.1 Å². The molecule has 1 saturated heterocycles. The molecule has 3 heterocycles. The number of quaternary nitrogens is 1. The van der Waals surface area contributed by atoms with Gasteiger partial charge in [0.25, 0.3) is 5.82 Å². The molecule has 2 aliphatic heterocycles. The number of piperazine rings is 1. The standard InChI is InChI=1S/C18H20ClN3O2/c19-15-11-14(12-16-18(15)24-10-9-23-16)13-21-5-7-22(8-6-21)17-3-1-2-4-20-17/h1-4,11-12H,5-10,13H2/p+2. The number of hydrogen-bond donors (Lipinski definition) is 1. The summed E-state index contributed by atoms with van der Waals surface area (Å²) in [7, 11) is 0. The van der Waals surface area contributed by atoms with Gasteiger partial charge in [0, 0.05) is 11.6 Å². The van der Waals surface area contributed by atoms with Gasteiger partial charge in [0.05, 0.1) is 11.2 Å². The van der Waals surface area contributed by atoms with Gasteiger partial charge < -0.3 is 14.4 Å². The van der Waals surface area contributed by atoms with Crippen LogP contribution < -0.4 is 24.3 Å². The molecule has 0 bridgehead atoms. The predicted octanol–water partition coefficient (Wildman–Crippen LogP) is 0.830. The normalized spacial score (nSPS) is 17.8. The zero-order valence-corrected chi connectivity index (χ0v) is 14.3. The molecule has 2 aromatic rings. The second-order valence-electron chi connectivity index (χ2n) is 6.26. The van der Waals surface area contributed by atoms with E-state index >= 15 is 0 Å². The van der Waals surface area contributed by atoms with Crippen molar-refractivity contribution in [2.75, 3.05) is 44.3 Å². The van der Waals surface area contributed by atoms with Gasteiger partial charge in [-0.2, -0.15) is 0 Å². The number of rotatable bonds is 3. The van der Waals surface area contributed by atoms with Gasteiger partial charge in [0.15, 0.2) is 11.5 Å². The number of pyridine rings is 1. The van der Waals surface area contributed by atoms with Crippen LogP contribution in [-0.4, -0.2) is 39.4 Å². The molecular formula is C18H22ClN3O2+2. The molecule has 2 N–H and O–H groups in total. The van der Waals surface area contributed by atoms with E-state index in [0.717, 1.165) is 38.5 Å². The lowest BCUT2D eigenvalue weighted by Crippen LogP contribution is -3.13. The first-order valence-electron chi connectivity index (χ1n) is 8.43. The molecular weight excluding hydrogens is 326 g/mol. The number of H-pyrrole nitrogens is 1. The molecule has 126 valence electrons. The van der Waals surface area contributed by atoms with Crippen LogP contribution in [0.5, 0.6) is 11.5 Å². The van der Waals surface area contributed by atoms with E-state index < -0.39 is 0 Å². The van der Waals surface area contributed by atoms with Crippen LogP contribution in [0.2, 0.25) is 5.02 Å². The summed E-state index contributed by atoms with van der Waals surface area (Å²) in [5.74, 6) is 2.66. The number of anilines is 1. The van der Waals surface area contributed by atoms with Crippen LogP contribution in [0, 0.1) is 0 Å². The zero-order chi connectivity index (χ0) is 16.4. The van der Waals surface area contributed by atoms with Crippen LogP contribution in [-0.2, 0) is 6.54 Å². The average Bonchev–Trinajstić information content (AvgIpc) is 2.63. The number of benzene rings is 1. The second kappa shape index (κ2) is 6.87. The SMILES string of the molecule is Clc1cc(C[NH+]2CCN(c3cccc[nH+]3)CC2)cc2c1OCCO2. The lowest BCUT2D eigenvalue weighted by Gasteiger charge is -2.28. The molecule has 0 radical (unpaired) electrons.